The summed E-state index contributed by atoms with van der Waals surface area (Å²) in [6, 6.07) is 29.5. The Morgan fingerprint density at radius 1 is 0.907 bits per heavy atom. The lowest BCUT2D eigenvalue weighted by atomic mass is 9.62. The molecule has 0 radical (unpaired) electrons. The van der Waals surface area contributed by atoms with Crippen molar-refractivity contribution in [1.82, 2.24) is 4.90 Å². The zero-order valence-electron chi connectivity index (χ0n) is 23.4. The predicted molar refractivity (Wildman–Crippen MR) is 161 cm³/mol. The summed E-state index contributed by atoms with van der Waals surface area (Å²) in [4.78, 5) is 45.9. The topological polar surface area (TPSA) is 99.5 Å². The highest BCUT2D eigenvalue weighted by molar-refractivity contribution is 6.16. The lowest BCUT2D eigenvalue weighted by Crippen LogP contribution is -2.49. The molecule has 3 heterocycles. The van der Waals surface area contributed by atoms with Gasteiger partial charge in [-0.05, 0) is 60.0 Å². The molecular formula is C36H27N3O4. The molecule has 7 nitrogen and oxygen atoms in total. The minimum atomic E-state index is -1.39. The van der Waals surface area contributed by atoms with Crippen LogP contribution in [-0.2, 0) is 10.2 Å². The van der Waals surface area contributed by atoms with E-state index in [4.69, 9.17) is 10.00 Å². The average Bonchev–Trinajstić information content (AvgIpc) is 3.52. The van der Waals surface area contributed by atoms with Crippen LogP contribution >= 0.6 is 0 Å². The van der Waals surface area contributed by atoms with Crippen molar-refractivity contribution in [3.63, 3.8) is 0 Å². The fourth-order valence-corrected chi connectivity index (χ4v) is 7.07. The van der Waals surface area contributed by atoms with Gasteiger partial charge in [0.2, 0.25) is 5.91 Å². The van der Waals surface area contributed by atoms with Crippen molar-refractivity contribution in [2.24, 2.45) is 5.92 Å². The fraction of sp³-hybridized carbons (Fsp3) is 0.167. The second-order valence-corrected chi connectivity index (χ2v) is 11.2. The van der Waals surface area contributed by atoms with Crippen molar-refractivity contribution in [3.05, 3.63) is 137 Å². The Kier molecular flexibility index (Phi) is 6.21. The lowest BCUT2D eigenvalue weighted by Gasteiger charge is -2.38. The van der Waals surface area contributed by atoms with Crippen molar-refractivity contribution < 1.29 is 19.1 Å². The number of carbonyl (C=O) groups is 3. The number of fused-ring (bicyclic) bond motifs is 6. The standard InChI is InChI=1S/C36H27N3O4/c1-22-10-12-25(13-11-22)33(41)31-30(32(40)24-14-16-26(17-15-24)43-21-19-37)36(28-8-4-5-9-29(28)38-35(36)42)34-27-7-3-2-6-23(27)18-20-39(31)34/h2-18,20,30-31,34H,21H2,1H3,(H,38,42)/t30-,31+,34+,36+/m1/s1. The van der Waals surface area contributed by atoms with Gasteiger partial charge in [-0.3, -0.25) is 14.4 Å². The molecule has 7 heteroatoms. The molecule has 0 aliphatic carbocycles. The Balaban J connectivity index is 1.48. The Morgan fingerprint density at radius 3 is 2.35 bits per heavy atom. The number of anilines is 1. The summed E-state index contributed by atoms with van der Waals surface area (Å²) in [5.41, 5.74) is 3.61. The summed E-state index contributed by atoms with van der Waals surface area (Å²) in [5, 5.41) is 12.0. The SMILES string of the molecule is Cc1ccc(C(=O)[C@@H]2[C@H](C(=O)c3ccc(OCC#N)cc3)[C@]3(C(=O)Nc4ccccc43)[C@@H]3c4ccccc4C=CN23)cc1. The number of rotatable bonds is 6. The van der Waals surface area contributed by atoms with Crippen LogP contribution in [0.3, 0.4) is 0 Å². The summed E-state index contributed by atoms with van der Waals surface area (Å²) in [6.45, 7) is 1.83. The highest BCUT2D eigenvalue weighted by Crippen LogP contribution is 2.62. The molecule has 1 N–H and O–H groups in total. The number of ether oxygens (including phenoxy) is 1. The van der Waals surface area contributed by atoms with Crippen LogP contribution in [0.1, 0.15) is 49.0 Å². The summed E-state index contributed by atoms with van der Waals surface area (Å²) in [5.74, 6) is -1.46. The molecule has 3 aliphatic heterocycles. The quantitative estimate of drug-likeness (QED) is 0.293. The largest absolute Gasteiger partial charge is 0.479 e. The molecule has 4 atom stereocenters. The van der Waals surface area contributed by atoms with E-state index in [2.05, 4.69) is 5.32 Å². The Bertz CT molecular complexity index is 1850. The minimum absolute atomic E-state index is 0.120. The van der Waals surface area contributed by atoms with E-state index in [9.17, 15) is 14.4 Å². The molecular weight excluding hydrogens is 538 g/mol. The molecule has 4 aromatic rings. The molecule has 3 aliphatic rings. The molecule has 1 fully saturated rings. The number of nitriles is 1. The summed E-state index contributed by atoms with van der Waals surface area (Å²) >= 11 is 0. The van der Waals surface area contributed by atoms with Crippen molar-refractivity contribution >= 4 is 29.2 Å². The third-order valence-electron chi connectivity index (χ3n) is 8.90. The van der Waals surface area contributed by atoms with Crippen LogP contribution in [0.4, 0.5) is 5.69 Å². The summed E-state index contributed by atoms with van der Waals surface area (Å²) in [7, 11) is 0. The molecule has 0 unspecified atom stereocenters. The minimum Gasteiger partial charge on any atom is -0.479 e. The number of amides is 1. The third-order valence-corrected chi connectivity index (χ3v) is 8.90. The van der Waals surface area contributed by atoms with Gasteiger partial charge in [0.1, 0.15) is 23.3 Å². The maximum absolute atomic E-state index is 14.9. The van der Waals surface area contributed by atoms with Gasteiger partial charge < -0.3 is 15.0 Å². The van der Waals surface area contributed by atoms with Gasteiger partial charge in [0.25, 0.3) is 0 Å². The van der Waals surface area contributed by atoms with E-state index in [0.717, 1.165) is 16.7 Å². The number of Topliss-reactive ketones (excluding diaryl/α,β-unsaturated/α-hetero) is 2. The Hall–Kier alpha value is -5.48. The molecule has 1 spiro atoms. The fourth-order valence-electron chi connectivity index (χ4n) is 7.07. The van der Waals surface area contributed by atoms with Gasteiger partial charge in [-0.25, -0.2) is 0 Å². The number of hydrogen-bond acceptors (Lipinski definition) is 6. The van der Waals surface area contributed by atoms with E-state index in [1.54, 1.807) is 36.4 Å². The molecule has 0 saturated carbocycles. The first-order valence-electron chi connectivity index (χ1n) is 14.2. The van der Waals surface area contributed by atoms with E-state index in [0.29, 0.717) is 28.1 Å². The van der Waals surface area contributed by atoms with Gasteiger partial charge in [0, 0.05) is 23.0 Å². The highest BCUT2D eigenvalue weighted by Gasteiger charge is 2.70. The van der Waals surface area contributed by atoms with Crippen LogP contribution < -0.4 is 10.1 Å². The predicted octanol–water partition coefficient (Wildman–Crippen LogP) is 5.88. The normalized spacial score (nSPS) is 22.7. The number of ketones is 2. The zero-order valence-corrected chi connectivity index (χ0v) is 23.4. The third kappa shape index (κ3) is 3.91. The maximum Gasteiger partial charge on any atom is 0.238 e. The maximum atomic E-state index is 14.9. The van der Waals surface area contributed by atoms with Crippen LogP contribution in [-0.4, -0.2) is 35.0 Å². The lowest BCUT2D eigenvalue weighted by molar-refractivity contribution is -0.122. The number of benzene rings is 4. The van der Waals surface area contributed by atoms with Crippen LogP contribution in [0.15, 0.2) is 103 Å². The second kappa shape index (κ2) is 10.1. The van der Waals surface area contributed by atoms with Crippen LogP contribution in [0.5, 0.6) is 5.75 Å². The number of hydrogen-bond donors (Lipinski definition) is 1. The first kappa shape index (κ1) is 26.4. The highest BCUT2D eigenvalue weighted by atomic mass is 16.5. The smallest absolute Gasteiger partial charge is 0.238 e. The number of aryl methyl sites for hydroxylation is 1. The van der Waals surface area contributed by atoms with Crippen molar-refractivity contribution in [2.45, 2.75) is 24.4 Å². The molecule has 4 aromatic carbocycles. The van der Waals surface area contributed by atoms with Gasteiger partial charge in [-0.2, -0.15) is 5.26 Å². The van der Waals surface area contributed by atoms with E-state index < -0.39 is 23.4 Å². The van der Waals surface area contributed by atoms with Gasteiger partial charge in [0.05, 0.1) is 12.0 Å². The monoisotopic (exact) mass is 565 g/mol. The van der Waals surface area contributed by atoms with Gasteiger partial charge in [-0.15, -0.1) is 0 Å². The first-order chi connectivity index (χ1) is 20.9. The Labute approximate surface area is 249 Å². The van der Waals surface area contributed by atoms with E-state index in [-0.39, 0.29) is 24.1 Å². The van der Waals surface area contributed by atoms with Crippen LogP contribution in [0.25, 0.3) is 6.08 Å². The number of nitrogens with one attached hydrogen (secondary N) is 1. The molecule has 210 valence electrons. The van der Waals surface area contributed by atoms with Gasteiger partial charge >= 0.3 is 0 Å². The van der Waals surface area contributed by atoms with Crippen molar-refractivity contribution in [1.29, 1.82) is 5.26 Å². The zero-order chi connectivity index (χ0) is 29.7. The second-order valence-electron chi connectivity index (χ2n) is 11.2. The summed E-state index contributed by atoms with van der Waals surface area (Å²) < 4.78 is 5.41. The average molecular weight is 566 g/mol. The number of para-hydroxylation sites is 1. The molecule has 1 saturated heterocycles. The van der Waals surface area contributed by atoms with Crippen molar-refractivity contribution in [3.8, 4) is 11.8 Å². The van der Waals surface area contributed by atoms with Gasteiger partial charge in [0.15, 0.2) is 18.2 Å². The Morgan fingerprint density at radius 2 is 1.58 bits per heavy atom. The van der Waals surface area contributed by atoms with E-state index in [1.165, 1.54) is 0 Å². The molecule has 43 heavy (non-hydrogen) atoms. The van der Waals surface area contributed by atoms with Crippen molar-refractivity contribution in [2.75, 3.05) is 11.9 Å². The molecule has 7 rings (SSSR count). The molecule has 0 aromatic heterocycles. The van der Waals surface area contributed by atoms with E-state index in [1.807, 2.05) is 90.8 Å². The van der Waals surface area contributed by atoms with E-state index >= 15 is 0 Å². The molecule has 0 bridgehead atoms. The number of nitrogens with zero attached hydrogens (tertiary/aromatic N) is 2. The van der Waals surface area contributed by atoms with Gasteiger partial charge in [-0.1, -0.05) is 72.3 Å². The first-order valence-corrected chi connectivity index (χ1v) is 14.2. The molecule has 1 amide bonds. The van der Waals surface area contributed by atoms with Crippen LogP contribution in [0.2, 0.25) is 0 Å². The summed E-state index contributed by atoms with van der Waals surface area (Å²) in [6.07, 6.45) is 3.81. The number of carbonyl (C=O) groups excluding carboxylic acids is 3. The van der Waals surface area contributed by atoms with Crippen LogP contribution in [0, 0.1) is 24.2 Å².